The van der Waals surface area contributed by atoms with Crippen LogP contribution in [0.3, 0.4) is 0 Å². The fourth-order valence-electron chi connectivity index (χ4n) is 3.76. The van der Waals surface area contributed by atoms with E-state index in [9.17, 15) is 14.4 Å². The molecule has 30 heavy (non-hydrogen) atoms. The van der Waals surface area contributed by atoms with Gasteiger partial charge in [-0.15, -0.1) is 11.8 Å². The number of halogens is 1. The van der Waals surface area contributed by atoms with Crippen molar-refractivity contribution in [1.82, 2.24) is 20.4 Å². The number of benzene rings is 1. The molecule has 3 rings (SSSR count). The lowest BCUT2D eigenvalue weighted by Gasteiger charge is -2.50. The van der Waals surface area contributed by atoms with Crippen LogP contribution in [0.25, 0.3) is 0 Å². The molecule has 1 aromatic carbocycles. The Balaban J connectivity index is 1.70. The lowest BCUT2D eigenvalue weighted by molar-refractivity contribution is -0.140. The number of nitrogens with one attached hydrogen (secondary N) is 3. The van der Waals surface area contributed by atoms with Crippen LogP contribution in [0.5, 0.6) is 0 Å². The third-order valence-electron chi connectivity index (χ3n) is 5.45. The highest BCUT2D eigenvalue weighted by Gasteiger charge is 2.50. The van der Waals surface area contributed by atoms with Crippen LogP contribution in [-0.2, 0) is 9.59 Å². The molecule has 0 bridgehead atoms. The summed E-state index contributed by atoms with van der Waals surface area (Å²) in [4.78, 5) is 40.5. The quantitative estimate of drug-likeness (QED) is 0.612. The van der Waals surface area contributed by atoms with E-state index in [0.717, 1.165) is 23.3 Å². The van der Waals surface area contributed by atoms with Gasteiger partial charge in [0.25, 0.3) is 0 Å². The molecule has 2 aliphatic rings. The molecule has 164 valence electrons. The number of hydrogen-bond donors (Lipinski definition) is 3. The number of imide groups is 1. The summed E-state index contributed by atoms with van der Waals surface area (Å²) in [5, 5.41) is 9.95. The van der Waals surface area contributed by atoms with Gasteiger partial charge >= 0.3 is 6.03 Å². The van der Waals surface area contributed by atoms with Gasteiger partial charge in [0.1, 0.15) is 0 Å². The Morgan fingerprint density at radius 2 is 2.00 bits per heavy atom. The Morgan fingerprint density at radius 3 is 2.67 bits per heavy atom. The molecule has 0 radical (unpaired) electrons. The fourth-order valence-corrected chi connectivity index (χ4v) is 5.07. The smallest absolute Gasteiger partial charge is 0.325 e. The van der Waals surface area contributed by atoms with Crippen LogP contribution < -0.4 is 16.0 Å². The maximum atomic E-state index is 12.9. The van der Waals surface area contributed by atoms with Crippen LogP contribution in [0, 0.1) is 12.8 Å². The summed E-state index contributed by atoms with van der Waals surface area (Å²) in [7, 11) is 3.19. The highest BCUT2D eigenvalue weighted by molar-refractivity contribution is 8.00. The van der Waals surface area contributed by atoms with Crippen molar-refractivity contribution < 1.29 is 14.4 Å². The largest absolute Gasteiger partial charge is 0.327 e. The molecule has 0 aliphatic carbocycles. The fraction of sp³-hybridized carbons (Fsp3) is 0.550. The second-order valence-electron chi connectivity index (χ2n) is 7.68. The van der Waals surface area contributed by atoms with E-state index in [1.807, 2.05) is 13.0 Å². The van der Waals surface area contributed by atoms with Gasteiger partial charge in [0.05, 0.1) is 29.4 Å². The molecule has 8 nitrogen and oxygen atoms in total. The lowest BCUT2D eigenvalue weighted by Crippen LogP contribution is -2.74. The third-order valence-corrected chi connectivity index (χ3v) is 7.08. The van der Waals surface area contributed by atoms with Gasteiger partial charge in [-0.25, -0.2) is 4.79 Å². The highest BCUT2D eigenvalue weighted by atomic mass is 35.5. The first kappa shape index (κ1) is 22.9. The van der Waals surface area contributed by atoms with E-state index in [1.54, 1.807) is 24.1 Å². The van der Waals surface area contributed by atoms with E-state index in [0.29, 0.717) is 10.7 Å². The van der Waals surface area contributed by atoms with Crippen molar-refractivity contribution in [1.29, 1.82) is 0 Å². The van der Waals surface area contributed by atoms with E-state index >= 15 is 0 Å². The minimum atomic E-state index is -0.488. The molecule has 0 aromatic heterocycles. The summed E-state index contributed by atoms with van der Waals surface area (Å²) in [5.41, 5.74) is 1.57. The van der Waals surface area contributed by atoms with Crippen molar-refractivity contribution in [3.8, 4) is 0 Å². The van der Waals surface area contributed by atoms with Crippen LogP contribution in [0.4, 0.5) is 10.5 Å². The van der Waals surface area contributed by atoms with Crippen LogP contribution in [0.15, 0.2) is 18.2 Å². The minimum absolute atomic E-state index is 0.0424. The number of carbonyl (C=O) groups is 3. The van der Waals surface area contributed by atoms with Crippen LogP contribution in [0.1, 0.15) is 25.3 Å². The molecule has 2 aliphatic heterocycles. The topological polar surface area (TPSA) is 93.8 Å². The van der Waals surface area contributed by atoms with Gasteiger partial charge in [-0.3, -0.25) is 25.1 Å². The molecule has 4 amide bonds. The van der Waals surface area contributed by atoms with Crippen molar-refractivity contribution in [3.05, 3.63) is 28.8 Å². The average molecular weight is 454 g/mol. The Hall–Kier alpha value is -1.81. The molecule has 10 heteroatoms. The summed E-state index contributed by atoms with van der Waals surface area (Å²) in [6.45, 7) is 3.97. The summed E-state index contributed by atoms with van der Waals surface area (Å²) in [5.74, 6) is -0.747. The molecular weight excluding hydrogens is 426 g/mol. The van der Waals surface area contributed by atoms with E-state index in [-0.39, 0.29) is 35.1 Å². The van der Waals surface area contributed by atoms with Crippen molar-refractivity contribution in [2.45, 2.75) is 44.4 Å². The zero-order valence-electron chi connectivity index (χ0n) is 17.6. The normalized spacial score (nSPS) is 26.6. The van der Waals surface area contributed by atoms with Crippen molar-refractivity contribution >= 4 is 46.9 Å². The number of hydrogen-bond acceptors (Lipinski definition) is 6. The van der Waals surface area contributed by atoms with Gasteiger partial charge in [0, 0.05) is 24.8 Å². The predicted octanol–water partition coefficient (Wildman–Crippen LogP) is 2.43. The standard InChI is InChI=1S/C20H28ClN5O3S/c1-5-6-14-23-17-16(19(28)26(4)20(29)25(17)3)18(24-14)30-10-15(27)22-12-8-7-11(2)13(21)9-12/h7-9,14,16-18,23-24H,5-6,10H2,1-4H3,(H,22,27). The van der Waals surface area contributed by atoms with E-state index in [2.05, 4.69) is 22.9 Å². The number of thioether (sulfide) groups is 1. The zero-order chi connectivity index (χ0) is 22.0. The first-order valence-electron chi connectivity index (χ1n) is 9.97. The molecule has 4 atom stereocenters. The van der Waals surface area contributed by atoms with Gasteiger partial charge in [0.2, 0.25) is 11.8 Å². The molecule has 3 N–H and O–H groups in total. The number of amides is 4. The van der Waals surface area contributed by atoms with Gasteiger partial charge in [-0.2, -0.15) is 0 Å². The summed E-state index contributed by atoms with van der Waals surface area (Å²) in [6.07, 6.45) is 1.34. The Bertz CT molecular complexity index is 839. The van der Waals surface area contributed by atoms with Crippen molar-refractivity contribution in [2.75, 3.05) is 25.2 Å². The zero-order valence-corrected chi connectivity index (χ0v) is 19.1. The number of anilines is 1. The second-order valence-corrected chi connectivity index (χ2v) is 9.22. The number of nitrogens with zero attached hydrogens (tertiary/aromatic N) is 2. The van der Waals surface area contributed by atoms with E-state index in [1.165, 1.54) is 18.8 Å². The number of rotatable bonds is 6. The molecule has 2 fully saturated rings. The molecule has 0 spiro atoms. The first-order valence-corrected chi connectivity index (χ1v) is 11.4. The van der Waals surface area contributed by atoms with Crippen LogP contribution in [-0.4, -0.2) is 65.2 Å². The molecule has 4 unspecified atom stereocenters. The van der Waals surface area contributed by atoms with Crippen LogP contribution >= 0.6 is 23.4 Å². The molecule has 0 saturated carbocycles. The predicted molar refractivity (Wildman–Crippen MR) is 119 cm³/mol. The maximum Gasteiger partial charge on any atom is 0.327 e. The first-order chi connectivity index (χ1) is 14.2. The lowest BCUT2D eigenvalue weighted by atomic mass is 9.96. The van der Waals surface area contributed by atoms with Gasteiger partial charge in [-0.1, -0.05) is 31.0 Å². The Kier molecular flexibility index (Phi) is 7.28. The summed E-state index contributed by atoms with van der Waals surface area (Å²) in [6, 6.07) is 5.04. The van der Waals surface area contributed by atoms with Crippen molar-refractivity contribution in [3.63, 3.8) is 0 Å². The molecular formula is C20H28ClN5O3S. The number of fused-ring (bicyclic) bond motifs is 1. The van der Waals surface area contributed by atoms with Gasteiger partial charge < -0.3 is 10.2 Å². The van der Waals surface area contributed by atoms with E-state index in [4.69, 9.17) is 11.6 Å². The van der Waals surface area contributed by atoms with Crippen molar-refractivity contribution in [2.24, 2.45) is 5.92 Å². The number of aryl methyl sites for hydroxylation is 1. The molecule has 2 heterocycles. The Morgan fingerprint density at radius 1 is 1.27 bits per heavy atom. The molecule has 2 saturated heterocycles. The van der Waals surface area contributed by atoms with E-state index < -0.39 is 12.1 Å². The Labute approximate surface area is 186 Å². The summed E-state index contributed by atoms with van der Waals surface area (Å²) >= 11 is 7.50. The second kappa shape index (κ2) is 9.55. The van der Waals surface area contributed by atoms with Crippen LogP contribution in [0.2, 0.25) is 5.02 Å². The number of urea groups is 1. The number of carbonyl (C=O) groups excluding carboxylic acids is 3. The minimum Gasteiger partial charge on any atom is -0.325 e. The monoisotopic (exact) mass is 453 g/mol. The van der Waals surface area contributed by atoms with Gasteiger partial charge in [-0.05, 0) is 31.0 Å². The maximum absolute atomic E-state index is 12.9. The third kappa shape index (κ3) is 4.74. The molecule has 1 aromatic rings. The van der Waals surface area contributed by atoms with Gasteiger partial charge in [0.15, 0.2) is 0 Å². The average Bonchev–Trinajstić information content (AvgIpc) is 2.71. The SMILES string of the molecule is CCCC1NC(SCC(=O)Nc2ccc(C)c(Cl)c2)C2C(=O)N(C)C(=O)N(C)C2N1. The summed E-state index contributed by atoms with van der Waals surface area (Å²) < 4.78 is 0. The highest BCUT2D eigenvalue weighted by Crippen LogP contribution is 2.32.